The molecule has 2 N–H and O–H groups in total. The lowest BCUT2D eigenvalue weighted by Gasteiger charge is -2.16. The first-order valence-corrected chi connectivity index (χ1v) is 8.52. The van der Waals surface area contributed by atoms with Gasteiger partial charge in [0.25, 0.3) is 0 Å². The van der Waals surface area contributed by atoms with Crippen LogP contribution in [0.4, 0.5) is 0 Å². The molecule has 1 atom stereocenters. The topological polar surface area (TPSA) is 68.2 Å². The molecule has 0 heterocycles. The fourth-order valence-corrected chi connectivity index (χ4v) is 2.23. The molecule has 0 saturated carbocycles. The number of rotatable bonds is 11. The van der Waals surface area contributed by atoms with Crippen molar-refractivity contribution in [2.75, 3.05) is 19.8 Å². The Balaban J connectivity index is 1.80. The third-order valence-corrected chi connectivity index (χ3v) is 3.53. The molecule has 0 radical (unpaired) electrons. The molecule has 136 valence electrons. The Morgan fingerprint density at radius 3 is 2.52 bits per heavy atom. The van der Waals surface area contributed by atoms with Crippen molar-refractivity contribution in [3.63, 3.8) is 0 Å². The Bertz CT molecular complexity index is 615. The van der Waals surface area contributed by atoms with Gasteiger partial charge in [0, 0.05) is 11.6 Å². The molecule has 2 aromatic carbocycles. The molecule has 5 nitrogen and oxygen atoms in total. The van der Waals surface area contributed by atoms with Gasteiger partial charge >= 0.3 is 0 Å². The average Bonchev–Trinajstić information content (AvgIpc) is 2.65. The summed E-state index contributed by atoms with van der Waals surface area (Å²) in [5.74, 6) is 1.20. The molecule has 2 aromatic rings. The molecular formula is C20H26O5. The normalized spacial score (nSPS) is 12.0. The van der Waals surface area contributed by atoms with Crippen LogP contribution in [0.15, 0.2) is 48.5 Å². The fourth-order valence-electron chi connectivity index (χ4n) is 2.23. The summed E-state index contributed by atoms with van der Waals surface area (Å²) in [6, 6.07) is 15.1. The van der Waals surface area contributed by atoms with Crippen LogP contribution < -0.4 is 9.47 Å². The zero-order valence-corrected chi connectivity index (χ0v) is 14.6. The van der Waals surface area contributed by atoms with E-state index in [1.165, 1.54) is 0 Å². The van der Waals surface area contributed by atoms with E-state index in [2.05, 4.69) is 0 Å². The number of hydrogen-bond acceptors (Lipinski definition) is 5. The van der Waals surface area contributed by atoms with Crippen LogP contribution in [0.2, 0.25) is 0 Å². The largest absolute Gasteiger partial charge is 0.493 e. The second kappa shape index (κ2) is 10.7. The van der Waals surface area contributed by atoms with Crippen LogP contribution in [0, 0.1) is 0 Å². The SMILES string of the molecule is CCCOc1ccc(CO)c(OCC(O)COCc2ccccc2)c1. The molecule has 2 rings (SSSR count). The molecular weight excluding hydrogens is 320 g/mol. The van der Waals surface area contributed by atoms with Crippen molar-refractivity contribution in [2.24, 2.45) is 0 Å². The van der Waals surface area contributed by atoms with Gasteiger partial charge in [-0.15, -0.1) is 0 Å². The lowest BCUT2D eigenvalue weighted by atomic mass is 10.2. The molecule has 5 heteroatoms. The first-order valence-electron chi connectivity index (χ1n) is 8.52. The van der Waals surface area contributed by atoms with Gasteiger partial charge in [0.2, 0.25) is 0 Å². The Kier molecular flexibility index (Phi) is 8.25. The summed E-state index contributed by atoms with van der Waals surface area (Å²) in [5, 5.41) is 19.4. The van der Waals surface area contributed by atoms with Crippen LogP contribution in [0.5, 0.6) is 11.5 Å². The number of ether oxygens (including phenoxy) is 3. The van der Waals surface area contributed by atoms with Crippen molar-refractivity contribution >= 4 is 0 Å². The highest BCUT2D eigenvalue weighted by molar-refractivity contribution is 5.40. The number of hydrogen-bond donors (Lipinski definition) is 2. The Labute approximate surface area is 148 Å². The standard InChI is InChI=1S/C20H26O5/c1-2-10-24-19-9-8-17(12-21)20(11-19)25-15-18(22)14-23-13-16-6-4-3-5-7-16/h3-9,11,18,21-22H,2,10,12-15H2,1H3. The van der Waals surface area contributed by atoms with Crippen molar-refractivity contribution in [3.05, 3.63) is 59.7 Å². The Hall–Kier alpha value is -2.08. The minimum atomic E-state index is -0.754. The van der Waals surface area contributed by atoms with Gasteiger partial charge in [0.1, 0.15) is 24.2 Å². The maximum Gasteiger partial charge on any atom is 0.128 e. The van der Waals surface area contributed by atoms with Gasteiger partial charge < -0.3 is 24.4 Å². The molecule has 0 aliphatic rings. The summed E-state index contributed by atoms with van der Waals surface area (Å²) in [7, 11) is 0. The summed E-state index contributed by atoms with van der Waals surface area (Å²) in [6.07, 6.45) is 0.158. The van der Waals surface area contributed by atoms with E-state index in [1.54, 1.807) is 18.2 Å². The monoisotopic (exact) mass is 346 g/mol. The van der Waals surface area contributed by atoms with E-state index in [1.807, 2.05) is 37.3 Å². The molecule has 25 heavy (non-hydrogen) atoms. The molecule has 0 saturated heterocycles. The average molecular weight is 346 g/mol. The number of aliphatic hydroxyl groups excluding tert-OH is 2. The highest BCUT2D eigenvalue weighted by atomic mass is 16.5. The van der Waals surface area contributed by atoms with Crippen molar-refractivity contribution in [1.29, 1.82) is 0 Å². The van der Waals surface area contributed by atoms with Gasteiger partial charge in [-0.05, 0) is 24.1 Å². The summed E-state index contributed by atoms with van der Waals surface area (Å²) < 4.78 is 16.7. The first kappa shape index (κ1) is 19.2. The summed E-state index contributed by atoms with van der Waals surface area (Å²) >= 11 is 0. The smallest absolute Gasteiger partial charge is 0.128 e. The minimum absolute atomic E-state index is 0.0824. The minimum Gasteiger partial charge on any atom is -0.493 e. The second-order valence-electron chi connectivity index (χ2n) is 5.74. The number of benzene rings is 2. The predicted octanol–water partition coefficient (Wildman–Crippen LogP) is 2.92. The second-order valence-corrected chi connectivity index (χ2v) is 5.74. The van der Waals surface area contributed by atoms with E-state index < -0.39 is 6.10 Å². The quantitative estimate of drug-likeness (QED) is 0.655. The van der Waals surface area contributed by atoms with Gasteiger partial charge in [-0.25, -0.2) is 0 Å². The van der Waals surface area contributed by atoms with E-state index in [4.69, 9.17) is 14.2 Å². The molecule has 0 aliphatic carbocycles. The van der Waals surface area contributed by atoms with Crippen molar-refractivity contribution in [3.8, 4) is 11.5 Å². The zero-order chi connectivity index (χ0) is 17.9. The van der Waals surface area contributed by atoms with Crippen molar-refractivity contribution in [2.45, 2.75) is 32.7 Å². The molecule has 0 bridgehead atoms. The third kappa shape index (κ3) is 6.74. The first-order chi connectivity index (χ1) is 12.2. The summed E-state index contributed by atoms with van der Waals surface area (Å²) in [6.45, 7) is 3.22. The van der Waals surface area contributed by atoms with Gasteiger partial charge in [-0.1, -0.05) is 37.3 Å². The Morgan fingerprint density at radius 1 is 1.00 bits per heavy atom. The maximum absolute atomic E-state index is 10.0. The van der Waals surface area contributed by atoms with E-state index >= 15 is 0 Å². The van der Waals surface area contributed by atoms with E-state index in [9.17, 15) is 10.2 Å². The van der Waals surface area contributed by atoms with E-state index in [0.717, 1.165) is 12.0 Å². The van der Waals surface area contributed by atoms with Crippen LogP contribution in [0.1, 0.15) is 24.5 Å². The molecule has 0 fully saturated rings. The van der Waals surface area contributed by atoms with Crippen LogP contribution in [0.3, 0.4) is 0 Å². The molecule has 1 unspecified atom stereocenters. The van der Waals surface area contributed by atoms with Crippen molar-refractivity contribution < 1.29 is 24.4 Å². The third-order valence-electron chi connectivity index (χ3n) is 3.53. The zero-order valence-electron chi connectivity index (χ0n) is 14.6. The highest BCUT2D eigenvalue weighted by Crippen LogP contribution is 2.25. The molecule has 0 amide bonds. The van der Waals surface area contributed by atoms with Crippen LogP contribution in [-0.2, 0) is 18.0 Å². The van der Waals surface area contributed by atoms with E-state index in [-0.39, 0.29) is 19.8 Å². The van der Waals surface area contributed by atoms with Gasteiger partial charge in [-0.3, -0.25) is 0 Å². The highest BCUT2D eigenvalue weighted by Gasteiger charge is 2.10. The summed E-state index contributed by atoms with van der Waals surface area (Å²) in [4.78, 5) is 0. The van der Waals surface area contributed by atoms with Crippen LogP contribution in [0.25, 0.3) is 0 Å². The lowest BCUT2D eigenvalue weighted by Crippen LogP contribution is -2.23. The molecule has 0 aromatic heterocycles. The fraction of sp³-hybridized carbons (Fsp3) is 0.400. The van der Waals surface area contributed by atoms with E-state index in [0.29, 0.717) is 30.3 Å². The maximum atomic E-state index is 10.0. The van der Waals surface area contributed by atoms with Gasteiger partial charge in [0.15, 0.2) is 0 Å². The lowest BCUT2D eigenvalue weighted by molar-refractivity contribution is 0.00510. The number of aliphatic hydroxyl groups is 2. The molecule has 0 spiro atoms. The van der Waals surface area contributed by atoms with Crippen LogP contribution >= 0.6 is 0 Å². The predicted molar refractivity (Wildman–Crippen MR) is 95.8 cm³/mol. The van der Waals surface area contributed by atoms with Crippen LogP contribution in [-0.4, -0.2) is 36.1 Å². The summed E-state index contributed by atoms with van der Waals surface area (Å²) in [5.41, 5.74) is 1.71. The van der Waals surface area contributed by atoms with Gasteiger partial charge in [0.05, 0.1) is 26.4 Å². The van der Waals surface area contributed by atoms with Gasteiger partial charge in [-0.2, -0.15) is 0 Å². The van der Waals surface area contributed by atoms with Crippen molar-refractivity contribution in [1.82, 2.24) is 0 Å². The molecule has 0 aliphatic heterocycles. The Morgan fingerprint density at radius 2 is 1.80 bits per heavy atom.